The first kappa shape index (κ1) is 19.8. The predicted molar refractivity (Wildman–Crippen MR) is 104 cm³/mol. The van der Waals surface area contributed by atoms with E-state index < -0.39 is 0 Å². The Morgan fingerprint density at radius 3 is 2.68 bits per heavy atom. The number of hydrogen-bond acceptors (Lipinski definition) is 4. The van der Waals surface area contributed by atoms with Crippen LogP contribution in [0.4, 0.5) is 5.69 Å². The maximum absolute atomic E-state index is 12.3. The number of hydrogen-bond donors (Lipinski definition) is 1. The normalized spacial score (nSPS) is 13.1. The molecule has 1 aromatic carbocycles. The average Bonchev–Trinajstić information content (AvgIpc) is 3.41. The van der Waals surface area contributed by atoms with Crippen LogP contribution in [0.5, 0.6) is 0 Å². The van der Waals surface area contributed by atoms with Gasteiger partial charge in [-0.05, 0) is 43.0 Å². The summed E-state index contributed by atoms with van der Waals surface area (Å²) in [6.07, 6.45) is 3.15. The molecule has 2 rings (SSSR count). The van der Waals surface area contributed by atoms with Crippen LogP contribution in [0.25, 0.3) is 0 Å². The van der Waals surface area contributed by atoms with Crippen LogP contribution in [0.2, 0.25) is 0 Å². The van der Waals surface area contributed by atoms with Crippen molar-refractivity contribution in [2.45, 2.75) is 25.7 Å². The Morgan fingerprint density at radius 2 is 2.04 bits per heavy atom. The summed E-state index contributed by atoms with van der Waals surface area (Å²) in [6.45, 7) is 1.29. The van der Waals surface area contributed by atoms with Gasteiger partial charge in [-0.25, -0.2) is 0 Å². The average molecular weight is 424 g/mol. The summed E-state index contributed by atoms with van der Waals surface area (Å²) in [7, 11) is 0. The van der Waals surface area contributed by atoms with E-state index >= 15 is 0 Å². The molecule has 1 aromatic rings. The van der Waals surface area contributed by atoms with Crippen LogP contribution < -0.4 is 5.32 Å². The molecule has 0 saturated heterocycles. The Hall–Kier alpha value is -1.52. The fraction of sp³-hybridized carbons (Fsp3) is 0.500. The van der Waals surface area contributed by atoms with E-state index in [4.69, 9.17) is 5.26 Å². The first-order chi connectivity index (χ1) is 12.1. The monoisotopic (exact) mass is 423 g/mol. The third-order valence-electron chi connectivity index (χ3n) is 3.84. The molecule has 0 aliphatic heterocycles. The molecule has 1 saturated carbocycles. The Bertz CT molecular complexity index is 626. The molecule has 0 bridgehead atoms. The van der Waals surface area contributed by atoms with Gasteiger partial charge in [0.2, 0.25) is 11.8 Å². The van der Waals surface area contributed by atoms with Gasteiger partial charge in [-0.2, -0.15) is 17.0 Å². The number of nitrogens with one attached hydrogen (secondary N) is 1. The smallest absolute Gasteiger partial charge is 0.234 e. The van der Waals surface area contributed by atoms with Crippen molar-refractivity contribution in [3.63, 3.8) is 0 Å². The molecular weight excluding hydrogens is 402 g/mol. The highest BCUT2D eigenvalue weighted by Crippen LogP contribution is 2.30. The Kier molecular flexibility index (Phi) is 8.29. The van der Waals surface area contributed by atoms with E-state index in [9.17, 15) is 9.59 Å². The Balaban J connectivity index is 1.64. The van der Waals surface area contributed by atoms with Crippen molar-refractivity contribution in [2.75, 3.05) is 29.9 Å². The molecule has 0 spiro atoms. The molecule has 7 heteroatoms. The number of nitriles is 1. The number of carbonyl (C=O) groups is 2. The van der Waals surface area contributed by atoms with Crippen molar-refractivity contribution in [1.82, 2.24) is 4.90 Å². The lowest BCUT2D eigenvalue weighted by atomic mass is 10.3. The second-order valence-corrected chi connectivity index (χ2v) is 8.07. The zero-order valence-corrected chi connectivity index (χ0v) is 16.4. The number of anilines is 1. The lowest BCUT2D eigenvalue weighted by Crippen LogP contribution is -2.34. The molecule has 5 nitrogen and oxygen atoms in total. The maximum atomic E-state index is 12.3. The molecule has 0 unspecified atom stereocenters. The number of carbonyl (C=O) groups excluding carboxylic acids is 2. The summed E-state index contributed by atoms with van der Waals surface area (Å²) in [5.74, 6) is 1.57. The van der Waals surface area contributed by atoms with Crippen molar-refractivity contribution in [2.24, 2.45) is 5.92 Å². The van der Waals surface area contributed by atoms with Crippen LogP contribution in [0.3, 0.4) is 0 Å². The minimum atomic E-state index is -0.0703. The standard InChI is InChI=1S/C18H22BrN3O2S/c19-15-4-6-16(7-5-15)21-17(23)13-25-11-8-18(24)22(10-1-9-20)12-14-2-3-14/h4-7,14H,1-3,8,10-13H2,(H,21,23). The van der Waals surface area contributed by atoms with E-state index in [1.54, 1.807) is 0 Å². The Morgan fingerprint density at radius 1 is 1.32 bits per heavy atom. The highest BCUT2D eigenvalue weighted by molar-refractivity contribution is 9.10. The Labute approximate surface area is 161 Å². The summed E-state index contributed by atoms with van der Waals surface area (Å²) in [6, 6.07) is 9.51. The van der Waals surface area contributed by atoms with E-state index in [-0.39, 0.29) is 11.8 Å². The summed E-state index contributed by atoms with van der Waals surface area (Å²) in [5.41, 5.74) is 0.761. The minimum absolute atomic E-state index is 0.0703. The van der Waals surface area contributed by atoms with Gasteiger partial charge in [0.15, 0.2) is 0 Å². The predicted octanol–water partition coefficient (Wildman–Crippen LogP) is 3.66. The molecule has 0 aromatic heterocycles. The van der Waals surface area contributed by atoms with Gasteiger partial charge >= 0.3 is 0 Å². The van der Waals surface area contributed by atoms with Crippen LogP contribution in [0.1, 0.15) is 25.7 Å². The molecule has 1 N–H and O–H groups in total. The maximum Gasteiger partial charge on any atom is 0.234 e. The molecule has 2 amide bonds. The quantitative estimate of drug-likeness (QED) is 0.582. The van der Waals surface area contributed by atoms with Gasteiger partial charge in [0.05, 0.1) is 18.2 Å². The van der Waals surface area contributed by atoms with Crippen molar-refractivity contribution < 1.29 is 9.59 Å². The number of halogens is 1. The molecule has 0 radical (unpaired) electrons. The first-order valence-corrected chi connectivity index (χ1v) is 10.3. The van der Waals surface area contributed by atoms with Crippen LogP contribution in [-0.2, 0) is 9.59 Å². The van der Waals surface area contributed by atoms with Crippen molar-refractivity contribution in [3.8, 4) is 6.07 Å². The third kappa shape index (κ3) is 7.93. The number of thioether (sulfide) groups is 1. The number of rotatable bonds is 10. The van der Waals surface area contributed by atoms with E-state index in [0.29, 0.717) is 36.8 Å². The zero-order chi connectivity index (χ0) is 18.1. The number of nitrogens with zero attached hydrogens (tertiary/aromatic N) is 2. The largest absolute Gasteiger partial charge is 0.341 e. The fourth-order valence-corrected chi connectivity index (χ4v) is 3.31. The van der Waals surface area contributed by atoms with E-state index in [0.717, 1.165) is 16.7 Å². The lowest BCUT2D eigenvalue weighted by molar-refractivity contribution is -0.131. The highest BCUT2D eigenvalue weighted by Gasteiger charge is 2.26. The van der Waals surface area contributed by atoms with Gasteiger partial charge in [0, 0.05) is 35.4 Å². The molecule has 0 atom stereocenters. The fourth-order valence-electron chi connectivity index (χ4n) is 2.33. The second kappa shape index (κ2) is 10.5. The van der Waals surface area contributed by atoms with Crippen LogP contribution >= 0.6 is 27.7 Å². The first-order valence-electron chi connectivity index (χ1n) is 8.36. The van der Waals surface area contributed by atoms with Crippen LogP contribution in [0.15, 0.2) is 28.7 Å². The summed E-state index contributed by atoms with van der Waals surface area (Å²) in [4.78, 5) is 26.0. The molecular formula is C18H22BrN3O2S. The summed E-state index contributed by atoms with van der Waals surface area (Å²) >= 11 is 4.81. The SMILES string of the molecule is N#CCCN(CC1CC1)C(=O)CCSCC(=O)Nc1ccc(Br)cc1. The topological polar surface area (TPSA) is 73.2 Å². The zero-order valence-electron chi connectivity index (χ0n) is 14.0. The van der Waals surface area contributed by atoms with Gasteiger partial charge in [-0.15, -0.1) is 0 Å². The summed E-state index contributed by atoms with van der Waals surface area (Å²) in [5, 5.41) is 11.5. The molecule has 1 aliphatic carbocycles. The summed E-state index contributed by atoms with van der Waals surface area (Å²) < 4.78 is 0.963. The van der Waals surface area contributed by atoms with Gasteiger partial charge in [0.25, 0.3) is 0 Å². The lowest BCUT2D eigenvalue weighted by Gasteiger charge is -2.21. The number of benzene rings is 1. The van der Waals surface area contributed by atoms with Gasteiger partial charge < -0.3 is 10.2 Å². The molecule has 25 heavy (non-hydrogen) atoms. The van der Waals surface area contributed by atoms with Crippen LogP contribution in [-0.4, -0.2) is 41.3 Å². The molecule has 0 heterocycles. The van der Waals surface area contributed by atoms with Gasteiger partial charge in [0.1, 0.15) is 0 Å². The third-order valence-corrected chi connectivity index (χ3v) is 5.33. The van der Waals surface area contributed by atoms with Gasteiger partial charge in [-0.1, -0.05) is 15.9 Å². The second-order valence-electron chi connectivity index (χ2n) is 6.05. The van der Waals surface area contributed by atoms with E-state index in [1.807, 2.05) is 29.2 Å². The van der Waals surface area contributed by atoms with Crippen molar-refractivity contribution in [1.29, 1.82) is 5.26 Å². The highest BCUT2D eigenvalue weighted by atomic mass is 79.9. The van der Waals surface area contributed by atoms with E-state index in [2.05, 4.69) is 27.3 Å². The van der Waals surface area contributed by atoms with Gasteiger partial charge in [-0.3, -0.25) is 9.59 Å². The van der Waals surface area contributed by atoms with Crippen LogP contribution in [0, 0.1) is 17.2 Å². The van der Waals surface area contributed by atoms with Crippen molar-refractivity contribution >= 4 is 45.2 Å². The molecule has 134 valence electrons. The molecule has 1 fully saturated rings. The van der Waals surface area contributed by atoms with E-state index in [1.165, 1.54) is 24.6 Å². The minimum Gasteiger partial charge on any atom is -0.341 e. The molecule has 1 aliphatic rings. The number of amides is 2. The van der Waals surface area contributed by atoms with Crippen molar-refractivity contribution in [3.05, 3.63) is 28.7 Å².